The Bertz CT molecular complexity index is 209. The minimum atomic E-state index is -0.568. The van der Waals surface area contributed by atoms with Crippen LogP contribution in [0.2, 0.25) is 0 Å². The first-order valence-electron chi connectivity index (χ1n) is 4.21. The highest BCUT2D eigenvalue weighted by Gasteiger charge is 2.19. The molecule has 0 saturated carbocycles. The van der Waals surface area contributed by atoms with E-state index in [1.54, 1.807) is 4.90 Å². The molecular weight excluding hydrogens is 170 g/mol. The van der Waals surface area contributed by atoms with Crippen LogP contribution in [0.25, 0.3) is 0 Å². The average molecular weight is 184 g/mol. The van der Waals surface area contributed by atoms with Gasteiger partial charge in [-0.1, -0.05) is 0 Å². The number of primary amides is 1. The third kappa shape index (κ3) is 3.02. The lowest BCUT2D eigenvalue weighted by molar-refractivity contribution is -0.136. The number of rotatable bonds is 2. The number of carbonyl (C=O) groups is 2. The second-order valence-electron chi connectivity index (χ2n) is 3.14. The number of nitrogens with zero attached hydrogens (tertiary/aromatic N) is 2. The maximum absolute atomic E-state index is 11.3. The van der Waals surface area contributed by atoms with Gasteiger partial charge in [-0.05, 0) is 0 Å². The number of carbonyl (C=O) groups excluding carboxylic acids is 2. The van der Waals surface area contributed by atoms with E-state index < -0.39 is 5.91 Å². The molecule has 73 valence electrons. The van der Waals surface area contributed by atoms with Gasteiger partial charge in [-0.3, -0.25) is 14.5 Å². The second-order valence-corrected chi connectivity index (χ2v) is 3.14. The van der Waals surface area contributed by atoms with Gasteiger partial charge in [0.2, 0.25) is 11.8 Å². The summed E-state index contributed by atoms with van der Waals surface area (Å²) in [6.45, 7) is 2.78. The van der Waals surface area contributed by atoms with Gasteiger partial charge in [0.05, 0.1) is 0 Å². The Labute approximate surface area is 77.5 Å². The highest BCUT2D eigenvalue weighted by molar-refractivity contribution is 5.96. The first kappa shape index (κ1) is 9.98. The van der Waals surface area contributed by atoms with Crippen LogP contribution in [0.3, 0.4) is 0 Å². The summed E-state index contributed by atoms with van der Waals surface area (Å²) in [6, 6.07) is 0. The first-order chi connectivity index (χ1) is 6.09. The summed E-state index contributed by atoms with van der Waals surface area (Å²) in [4.78, 5) is 25.3. The normalized spacial score (nSPS) is 18.7. The van der Waals surface area contributed by atoms with E-state index in [4.69, 9.17) is 5.73 Å². The molecule has 0 aromatic carbocycles. The molecule has 1 fully saturated rings. The average Bonchev–Trinajstić information content (AvgIpc) is 2.04. The lowest BCUT2D eigenvalue weighted by atomic mass is 10.3. The van der Waals surface area contributed by atoms with Crippen LogP contribution in [0.15, 0.2) is 0 Å². The monoisotopic (exact) mass is 184 g/mol. The fourth-order valence-corrected chi connectivity index (χ4v) is 1.26. The first-order valence-corrected chi connectivity index (χ1v) is 4.21. The van der Waals surface area contributed by atoms with Gasteiger partial charge in [0, 0.05) is 33.2 Å². The molecule has 1 aliphatic rings. The van der Waals surface area contributed by atoms with Crippen LogP contribution >= 0.6 is 0 Å². The Morgan fingerprint density at radius 1 is 1.23 bits per heavy atom. The van der Waals surface area contributed by atoms with E-state index in [0.717, 1.165) is 13.1 Å². The molecule has 1 saturated heterocycles. The molecule has 2 N–H and O–H groups in total. The number of piperazine rings is 1. The third-order valence-corrected chi connectivity index (χ3v) is 2.05. The van der Waals surface area contributed by atoms with Crippen molar-refractivity contribution in [2.75, 3.05) is 26.2 Å². The third-order valence-electron chi connectivity index (χ3n) is 2.05. The number of nitrogens with two attached hydrogens (primary N) is 1. The molecule has 5 nitrogen and oxygen atoms in total. The van der Waals surface area contributed by atoms with Crippen LogP contribution in [0.4, 0.5) is 0 Å². The van der Waals surface area contributed by atoms with Crippen molar-refractivity contribution in [2.24, 2.45) is 5.73 Å². The quantitative estimate of drug-likeness (QED) is 0.548. The molecule has 0 bridgehead atoms. The van der Waals surface area contributed by atoms with Gasteiger partial charge in [0.15, 0.2) is 0 Å². The summed E-state index contributed by atoms with van der Waals surface area (Å²) >= 11 is 0. The van der Waals surface area contributed by atoms with Crippen molar-refractivity contribution >= 4 is 11.8 Å². The van der Waals surface area contributed by atoms with Crippen LogP contribution in [0.1, 0.15) is 6.42 Å². The van der Waals surface area contributed by atoms with E-state index in [-0.39, 0.29) is 12.3 Å². The summed E-state index contributed by atoms with van der Waals surface area (Å²) in [7, 11) is 3.76. The zero-order valence-corrected chi connectivity index (χ0v) is 7.53. The fraction of sp³-hybridized carbons (Fsp3) is 0.625. The van der Waals surface area contributed by atoms with E-state index in [2.05, 4.69) is 7.05 Å². The van der Waals surface area contributed by atoms with Gasteiger partial charge in [-0.15, -0.1) is 0 Å². The molecule has 0 atom stereocenters. The smallest absolute Gasteiger partial charge is 0.232 e. The molecule has 5 heteroatoms. The van der Waals surface area contributed by atoms with Crippen molar-refractivity contribution in [2.45, 2.75) is 6.42 Å². The zero-order valence-electron chi connectivity index (χ0n) is 7.53. The molecule has 1 radical (unpaired) electrons. The largest absolute Gasteiger partial charge is 0.369 e. The maximum Gasteiger partial charge on any atom is 0.232 e. The van der Waals surface area contributed by atoms with Crippen molar-refractivity contribution in [1.82, 2.24) is 9.80 Å². The summed E-state index contributed by atoms with van der Waals surface area (Å²) in [5.41, 5.74) is 4.92. The predicted octanol–water partition coefficient (Wildman–Crippen LogP) is -1.20. The van der Waals surface area contributed by atoms with Gasteiger partial charge in [0.1, 0.15) is 6.42 Å². The summed E-state index contributed by atoms with van der Waals surface area (Å²) in [6.07, 6.45) is -0.183. The van der Waals surface area contributed by atoms with Crippen LogP contribution in [0.5, 0.6) is 0 Å². The SMILES string of the molecule is [CH2]N1CCN(C(=O)CC(N)=O)CC1. The lowest BCUT2D eigenvalue weighted by Crippen LogP contribution is -2.47. The molecule has 0 aromatic rings. The van der Waals surface area contributed by atoms with E-state index in [0.29, 0.717) is 13.1 Å². The van der Waals surface area contributed by atoms with Gasteiger partial charge in [-0.25, -0.2) is 0 Å². The summed E-state index contributed by atoms with van der Waals surface area (Å²) in [5, 5.41) is 0. The molecule has 0 unspecified atom stereocenters. The van der Waals surface area contributed by atoms with Crippen LogP contribution in [-0.4, -0.2) is 47.8 Å². The van der Waals surface area contributed by atoms with Crippen LogP contribution < -0.4 is 5.73 Å². The molecule has 13 heavy (non-hydrogen) atoms. The van der Waals surface area contributed by atoms with E-state index >= 15 is 0 Å². The minimum absolute atomic E-state index is 0.180. The number of hydrogen-bond acceptors (Lipinski definition) is 3. The Hall–Kier alpha value is -1.10. The fourth-order valence-electron chi connectivity index (χ4n) is 1.26. The molecule has 2 amide bonds. The van der Waals surface area contributed by atoms with Crippen molar-refractivity contribution in [3.05, 3.63) is 7.05 Å². The summed E-state index contributed by atoms with van der Waals surface area (Å²) in [5.74, 6) is -0.748. The molecule has 0 spiro atoms. The van der Waals surface area contributed by atoms with Crippen LogP contribution in [-0.2, 0) is 9.59 Å². The maximum atomic E-state index is 11.3. The summed E-state index contributed by atoms with van der Waals surface area (Å²) < 4.78 is 0. The van der Waals surface area contributed by atoms with Crippen molar-refractivity contribution in [3.63, 3.8) is 0 Å². The predicted molar refractivity (Wildman–Crippen MR) is 47.3 cm³/mol. The number of hydrogen-bond donors (Lipinski definition) is 1. The lowest BCUT2D eigenvalue weighted by Gasteiger charge is -2.32. The minimum Gasteiger partial charge on any atom is -0.369 e. The molecular formula is C8H14N3O2. The molecule has 1 rings (SSSR count). The molecule has 1 heterocycles. The Kier molecular flexibility index (Phi) is 3.25. The van der Waals surface area contributed by atoms with Crippen molar-refractivity contribution in [3.8, 4) is 0 Å². The highest BCUT2D eigenvalue weighted by atomic mass is 16.2. The van der Waals surface area contributed by atoms with E-state index in [1.165, 1.54) is 0 Å². The Morgan fingerprint density at radius 2 is 1.77 bits per heavy atom. The molecule has 0 aromatic heterocycles. The van der Waals surface area contributed by atoms with Gasteiger partial charge in [0.25, 0.3) is 0 Å². The van der Waals surface area contributed by atoms with E-state index in [9.17, 15) is 9.59 Å². The van der Waals surface area contributed by atoms with Gasteiger partial charge in [-0.2, -0.15) is 0 Å². The van der Waals surface area contributed by atoms with Crippen molar-refractivity contribution in [1.29, 1.82) is 0 Å². The Morgan fingerprint density at radius 3 is 2.23 bits per heavy atom. The Balaban J connectivity index is 2.36. The standard InChI is InChI=1S/C8H14N3O2/c1-10-2-4-11(5-3-10)8(13)6-7(9)12/h1-6H2,(H2,9,12). The molecule has 0 aliphatic carbocycles. The topological polar surface area (TPSA) is 66.6 Å². The van der Waals surface area contributed by atoms with Gasteiger partial charge >= 0.3 is 0 Å². The second kappa shape index (κ2) is 4.23. The van der Waals surface area contributed by atoms with Crippen LogP contribution in [0, 0.1) is 7.05 Å². The van der Waals surface area contributed by atoms with Gasteiger partial charge < -0.3 is 10.6 Å². The zero-order chi connectivity index (χ0) is 9.84. The highest BCUT2D eigenvalue weighted by Crippen LogP contribution is 2.01. The van der Waals surface area contributed by atoms with Crippen molar-refractivity contribution < 1.29 is 9.59 Å². The van der Waals surface area contributed by atoms with E-state index in [1.807, 2.05) is 4.90 Å². The number of amides is 2. The molecule has 1 aliphatic heterocycles.